The third kappa shape index (κ3) is 2.94. The van der Waals surface area contributed by atoms with Gasteiger partial charge in [-0.1, -0.05) is 6.07 Å². The van der Waals surface area contributed by atoms with Crippen LogP contribution >= 0.6 is 0 Å². The molecule has 106 valence electrons. The van der Waals surface area contributed by atoms with Crippen LogP contribution < -0.4 is 0 Å². The van der Waals surface area contributed by atoms with E-state index in [1.165, 1.54) is 6.07 Å². The van der Waals surface area contributed by atoms with E-state index < -0.39 is 11.6 Å². The zero-order valence-electron chi connectivity index (χ0n) is 11.0. The molecule has 0 spiro atoms. The van der Waals surface area contributed by atoms with Crippen molar-refractivity contribution in [3.63, 3.8) is 0 Å². The van der Waals surface area contributed by atoms with Crippen molar-refractivity contribution >= 4 is 0 Å². The van der Waals surface area contributed by atoms with Crippen molar-refractivity contribution in [2.45, 2.75) is 12.3 Å². The molecule has 0 aliphatic rings. The van der Waals surface area contributed by atoms with Crippen LogP contribution in [0.3, 0.4) is 0 Å². The van der Waals surface area contributed by atoms with Crippen LogP contribution in [0.4, 0.5) is 8.78 Å². The molecule has 1 unspecified atom stereocenters. The molecule has 2 aromatic heterocycles. The van der Waals surface area contributed by atoms with E-state index in [2.05, 4.69) is 20.2 Å². The molecule has 2 heterocycles. The molecule has 0 saturated heterocycles. The van der Waals surface area contributed by atoms with E-state index in [-0.39, 0.29) is 5.92 Å². The molecule has 0 amide bonds. The van der Waals surface area contributed by atoms with E-state index in [9.17, 15) is 8.78 Å². The molecule has 1 atom stereocenters. The number of nitrogens with zero attached hydrogens (tertiary/aromatic N) is 3. The van der Waals surface area contributed by atoms with Gasteiger partial charge in [-0.05, 0) is 29.8 Å². The first-order valence-electron chi connectivity index (χ1n) is 6.44. The number of rotatable bonds is 4. The Morgan fingerprint density at radius 3 is 2.71 bits per heavy atom. The lowest BCUT2D eigenvalue weighted by atomic mass is 9.91. The van der Waals surface area contributed by atoms with Gasteiger partial charge in [-0.25, -0.2) is 13.8 Å². The van der Waals surface area contributed by atoms with Crippen molar-refractivity contribution in [2.24, 2.45) is 0 Å². The predicted molar refractivity (Wildman–Crippen MR) is 72.5 cm³/mol. The highest BCUT2D eigenvalue weighted by Gasteiger charge is 2.18. The van der Waals surface area contributed by atoms with Crippen LogP contribution in [-0.4, -0.2) is 20.2 Å². The molecule has 3 rings (SSSR count). The van der Waals surface area contributed by atoms with Crippen molar-refractivity contribution in [2.75, 3.05) is 0 Å². The summed E-state index contributed by atoms with van der Waals surface area (Å²) >= 11 is 0. The van der Waals surface area contributed by atoms with Crippen LogP contribution in [0.5, 0.6) is 0 Å². The fourth-order valence-electron chi connectivity index (χ4n) is 2.25. The van der Waals surface area contributed by atoms with Crippen LogP contribution in [0.2, 0.25) is 0 Å². The summed E-state index contributed by atoms with van der Waals surface area (Å²) in [6.45, 7) is 0. The number of imidazole rings is 1. The number of benzene rings is 1. The summed E-state index contributed by atoms with van der Waals surface area (Å²) in [5.74, 6) is -1.92. The molecule has 6 heteroatoms. The Labute approximate surface area is 119 Å². The predicted octanol–water partition coefficient (Wildman–Crippen LogP) is 2.85. The van der Waals surface area contributed by atoms with Crippen molar-refractivity contribution in [3.8, 4) is 0 Å². The SMILES string of the molecule is Fc1ccc(C(Cc2cccnn2)c2cnc[nH]2)cc1F. The van der Waals surface area contributed by atoms with Gasteiger partial charge in [-0.2, -0.15) is 10.2 Å². The average molecular weight is 286 g/mol. The summed E-state index contributed by atoms with van der Waals surface area (Å²) in [5, 5.41) is 7.88. The summed E-state index contributed by atoms with van der Waals surface area (Å²) in [6.07, 6.45) is 5.33. The molecule has 0 radical (unpaired) electrons. The minimum atomic E-state index is -0.865. The normalized spacial score (nSPS) is 12.3. The number of nitrogens with one attached hydrogen (secondary N) is 1. The van der Waals surface area contributed by atoms with E-state index in [1.807, 2.05) is 6.07 Å². The maximum Gasteiger partial charge on any atom is 0.159 e. The van der Waals surface area contributed by atoms with Gasteiger partial charge in [0.15, 0.2) is 11.6 Å². The topological polar surface area (TPSA) is 54.5 Å². The van der Waals surface area contributed by atoms with Gasteiger partial charge in [-0.15, -0.1) is 0 Å². The first-order valence-corrected chi connectivity index (χ1v) is 6.44. The van der Waals surface area contributed by atoms with E-state index in [0.717, 1.165) is 17.5 Å². The van der Waals surface area contributed by atoms with Crippen LogP contribution in [0.15, 0.2) is 49.1 Å². The third-order valence-corrected chi connectivity index (χ3v) is 3.28. The molecule has 1 aromatic carbocycles. The van der Waals surface area contributed by atoms with E-state index in [1.54, 1.807) is 30.9 Å². The molecule has 0 aliphatic carbocycles. The minimum absolute atomic E-state index is 0.195. The number of aromatic nitrogens is 4. The summed E-state index contributed by atoms with van der Waals surface area (Å²) < 4.78 is 26.6. The third-order valence-electron chi connectivity index (χ3n) is 3.28. The molecule has 21 heavy (non-hydrogen) atoms. The highest BCUT2D eigenvalue weighted by molar-refractivity contribution is 5.30. The lowest BCUT2D eigenvalue weighted by Gasteiger charge is -2.15. The smallest absolute Gasteiger partial charge is 0.159 e. The second-order valence-corrected chi connectivity index (χ2v) is 4.65. The summed E-state index contributed by atoms with van der Waals surface area (Å²) in [5.41, 5.74) is 2.23. The monoisotopic (exact) mass is 286 g/mol. The number of H-pyrrole nitrogens is 1. The number of hydrogen-bond donors (Lipinski definition) is 1. The standard InChI is InChI=1S/C15H12F2N4/c16-13-4-3-10(6-14(13)17)12(15-8-18-9-19-15)7-11-2-1-5-20-21-11/h1-6,8-9,12H,7H2,(H,18,19). The van der Waals surface area contributed by atoms with Crippen molar-refractivity contribution in [1.82, 2.24) is 20.2 Å². The zero-order chi connectivity index (χ0) is 14.7. The van der Waals surface area contributed by atoms with Crippen LogP contribution in [0.25, 0.3) is 0 Å². The lowest BCUT2D eigenvalue weighted by molar-refractivity contribution is 0.506. The Balaban J connectivity index is 1.98. The van der Waals surface area contributed by atoms with Gasteiger partial charge in [0.1, 0.15) is 0 Å². The highest BCUT2D eigenvalue weighted by atomic mass is 19.2. The number of aromatic amines is 1. The van der Waals surface area contributed by atoms with Gasteiger partial charge >= 0.3 is 0 Å². The van der Waals surface area contributed by atoms with E-state index >= 15 is 0 Å². The molecule has 0 saturated carbocycles. The van der Waals surface area contributed by atoms with Gasteiger partial charge in [0.25, 0.3) is 0 Å². The van der Waals surface area contributed by atoms with Gasteiger partial charge in [0.05, 0.1) is 12.0 Å². The molecular formula is C15H12F2N4. The van der Waals surface area contributed by atoms with Gasteiger partial charge in [0.2, 0.25) is 0 Å². The van der Waals surface area contributed by atoms with E-state index in [0.29, 0.717) is 12.0 Å². The zero-order valence-corrected chi connectivity index (χ0v) is 11.0. The van der Waals surface area contributed by atoms with Crippen LogP contribution in [0.1, 0.15) is 22.9 Å². The molecule has 0 aliphatic heterocycles. The highest BCUT2D eigenvalue weighted by Crippen LogP contribution is 2.27. The van der Waals surface area contributed by atoms with Crippen molar-refractivity contribution < 1.29 is 8.78 Å². The Morgan fingerprint density at radius 1 is 1.14 bits per heavy atom. The van der Waals surface area contributed by atoms with Gasteiger partial charge < -0.3 is 4.98 Å². The summed E-state index contributed by atoms with van der Waals surface area (Å²) in [4.78, 5) is 7.01. The summed E-state index contributed by atoms with van der Waals surface area (Å²) in [7, 11) is 0. The van der Waals surface area contributed by atoms with E-state index in [4.69, 9.17) is 0 Å². The summed E-state index contributed by atoms with van der Waals surface area (Å²) in [6, 6.07) is 7.54. The Hall–Kier alpha value is -2.63. The van der Waals surface area contributed by atoms with Crippen molar-refractivity contribution in [1.29, 1.82) is 0 Å². The molecular weight excluding hydrogens is 274 g/mol. The molecule has 4 nitrogen and oxygen atoms in total. The molecule has 0 bridgehead atoms. The largest absolute Gasteiger partial charge is 0.348 e. The maximum absolute atomic E-state index is 13.5. The lowest BCUT2D eigenvalue weighted by Crippen LogP contribution is -2.08. The fraction of sp³-hybridized carbons (Fsp3) is 0.133. The quantitative estimate of drug-likeness (QED) is 0.802. The average Bonchev–Trinajstić information content (AvgIpc) is 3.03. The second-order valence-electron chi connectivity index (χ2n) is 4.65. The molecule has 1 N–H and O–H groups in total. The molecule has 3 aromatic rings. The Bertz CT molecular complexity index is 714. The molecule has 0 fully saturated rings. The van der Waals surface area contributed by atoms with Gasteiger partial charge in [0, 0.05) is 30.4 Å². The van der Waals surface area contributed by atoms with Crippen molar-refractivity contribution in [3.05, 3.63) is 77.6 Å². The Morgan fingerprint density at radius 2 is 2.05 bits per heavy atom. The Kier molecular flexibility index (Phi) is 3.68. The van der Waals surface area contributed by atoms with Crippen LogP contribution in [0, 0.1) is 11.6 Å². The van der Waals surface area contributed by atoms with Crippen LogP contribution in [-0.2, 0) is 6.42 Å². The fourth-order valence-corrected chi connectivity index (χ4v) is 2.25. The minimum Gasteiger partial charge on any atom is -0.348 e. The van der Waals surface area contributed by atoms with Gasteiger partial charge in [-0.3, -0.25) is 0 Å². The number of halogens is 2. The maximum atomic E-state index is 13.5. The number of hydrogen-bond acceptors (Lipinski definition) is 3. The first kappa shape index (κ1) is 13.4. The first-order chi connectivity index (χ1) is 10.2. The second kappa shape index (κ2) is 5.78.